The molecule has 2 amide bonds. The fraction of sp³-hybridized carbons (Fsp3) is 0.160. The number of imide groups is 1. The number of anilines is 1. The Balaban J connectivity index is 1.67. The maximum atomic E-state index is 13.8. The van der Waals surface area contributed by atoms with E-state index in [1.807, 2.05) is 48.5 Å². The van der Waals surface area contributed by atoms with E-state index in [-0.39, 0.29) is 17.7 Å². The second-order valence-electron chi connectivity index (χ2n) is 8.11. The van der Waals surface area contributed by atoms with Crippen LogP contribution < -0.4 is 4.90 Å². The van der Waals surface area contributed by atoms with Gasteiger partial charge in [0, 0.05) is 5.92 Å². The van der Waals surface area contributed by atoms with Gasteiger partial charge < -0.3 is 4.79 Å². The van der Waals surface area contributed by atoms with Crippen LogP contribution in [0.1, 0.15) is 28.2 Å². The normalized spacial score (nSPS) is 28.2. The van der Waals surface area contributed by atoms with E-state index >= 15 is 0 Å². The summed E-state index contributed by atoms with van der Waals surface area (Å²) in [6.45, 7) is 0. The molecule has 3 aliphatic carbocycles. The number of rotatable bonds is 2. The quantitative estimate of drug-likeness (QED) is 0.469. The van der Waals surface area contributed by atoms with Gasteiger partial charge >= 0.3 is 0 Å². The summed E-state index contributed by atoms with van der Waals surface area (Å²) in [6, 6.07) is 22.2. The molecule has 2 bridgehead atoms. The zero-order valence-electron chi connectivity index (χ0n) is 15.8. The van der Waals surface area contributed by atoms with E-state index in [0.29, 0.717) is 10.7 Å². The molecule has 0 saturated carbocycles. The van der Waals surface area contributed by atoms with E-state index in [2.05, 4.69) is 0 Å². The molecule has 0 spiro atoms. The number of carbonyl (C=O) groups is 3. The van der Waals surface area contributed by atoms with Gasteiger partial charge in [0.2, 0.25) is 11.8 Å². The third-order valence-corrected chi connectivity index (χ3v) is 7.28. The topological polar surface area (TPSA) is 54.5 Å². The number of aldehydes is 1. The molecule has 1 fully saturated rings. The standard InChI is InChI=1S/C25H16ClNO3/c26-18-11-5-6-12-19(18)27-23(29)21-20-14-7-1-3-9-16(14)25(13-28,22(21)24(27)30)17-10-4-2-8-15(17)20/h1-13,20-22H/t20?,21-,22-,25?/m1/s1. The van der Waals surface area contributed by atoms with Crippen LogP contribution in [0.5, 0.6) is 0 Å². The molecule has 4 nitrogen and oxygen atoms in total. The first-order valence-electron chi connectivity index (χ1n) is 9.88. The lowest BCUT2D eigenvalue weighted by atomic mass is 9.48. The van der Waals surface area contributed by atoms with Gasteiger partial charge in [0.1, 0.15) is 6.29 Å². The summed E-state index contributed by atoms with van der Waals surface area (Å²) in [5.41, 5.74) is 2.74. The van der Waals surface area contributed by atoms with Crippen molar-refractivity contribution in [2.45, 2.75) is 11.3 Å². The van der Waals surface area contributed by atoms with Gasteiger partial charge in [0.05, 0.1) is 28.0 Å². The molecule has 0 aromatic heterocycles. The molecule has 146 valence electrons. The molecular formula is C25H16ClNO3. The van der Waals surface area contributed by atoms with Gasteiger partial charge in [-0.2, -0.15) is 0 Å². The lowest BCUT2D eigenvalue weighted by molar-refractivity contribution is -0.128. The van der Waals surface area contributed by atoms with E-state index in [4.69, 9.17) is 11.6 Å². The van der Waals surface area contributed by atoms with Crippen LogP contribution in [0.4, 0.5) is 5.69 Å². The van der Waals surface area contributed by atoms with Gasteiger partial charge in [-0.25, -0.2) is 4.90 Å². The van der Waals surface area contributed by atoms with Crippen molar-refractivity contribution in [3.63, 3.8) is 0 Å². The highest BCUT2D eigenvalue weighted by atomic mass is 35.5. The molecular weight excluding hydrogens is 398 g/mol. The number of hydrogen-bond donors (Lipinski definition) is 0. The lowest BCUT2D eigenvalue weighted by Gasteiger charge is -2.51. The number of halogens is 1. The molecule has 0 radical (unpaired) electrons. The summed E-state index contributed by atoms with van der Waals surface area (Å²) < 4.78 is 0. The molecule has 0 N–H and O–H groups in total. The highest BCUT2D eigenvalue weighted by molar-refractivity contribution is 6.36. The smallest absolute Gasteiger partial charge is 0.239 e. The minimum absolute atomic E-state index is 0.270. The van der Waals surface area contributed by atoms with E-state index in [1.165, 1.54) is 4.90 Å². The summed E-state index contributed by atoms with van der Waals surface area (Å²) in [5, 5.41) is 0.334. The van der Waals surface area contributed by atoms with Crippen molar-refractivity contribution in [3.05, 3.63) is 100 Å². The van der Waals surface area contributed by atoms with Crippen LogP contribution in [0.3, 0.4) is 0 Å². The Morgan fingerprint density at radius 3 is 1.97 bits per heavy atom. The zero-order chi connectivity index (χ0) is 20.6. The fourth-order valence-electron chi connectivity index (χ4n) is 5.90. The molecule has 3 aromatic rings. The van der Waals surface area contributed by atoms with E-state index in [0.717, 1.165) is 28.5 Å². The summed E-state index contributed by atoms with van der Waals surface area (Å²) in [5.74, 6) is -2.34. The molecule has 2 atom stereocenters. The van der Waals surface area contributed by atoms with Crippen molar-refractivity contribution < 1.29 is 14.4 Å². The molecule has 1 heterocycles. The summed E-state index contributed by atoms with van der Waals surface area (Å²) in [4.78, 5) is 41.5. The van der Waals surface area contributed by atoms with Crippen LogP contribution in [0.15, 0.2) is 72.8 Å². The van der Waals surface area contributed by atoms with Crippen LogP contribution in [0.25, 0.3) is 0 Å². The van der Waals surface area contributed by atoms with Gasteiger partial charge in [-0.3, -0.25) is 9.59 Å². The number of nitrogens with zero attached hydrogens (tertiary/aromatic N) is 1. The third-order valence-electron chi connectivity index (χ3n) is 6.96. The Morgan fingerprint density at radius 2 is 1.37 bits per heavy atom. The molecule has 3 aromatic carbocycles. The molecule has 7 rings (SSSR count). The summed E-state index contributed by atoms with van der Waals surface area (Å²) >= 11 is 6.35. The van der Waals surface area contributed by atoms with Crippen molar-refractivity contribution in [3.8, 4) is 0 Å². The monoisotopic (exact) mass is 413 g/mol. The van der Waals surface area contributed by atoms with Gasteiger partial charge in [-0.15, -0.1) is 0 Å². The van der Waals surface area contributed by atoms with E-state index in [9.17, 15) is 14.4 Å². The largest absolute Gasteiger partial charge is 0.302 e. The number of para-hydroxylation sites is 1. The SMILES string of the molecule is O=CC12c3ccccc3C(c3ccccc31)[C@H]1C(=O)N(c3ccccc3Cl)C(=O)[C@@H]12. The first kappa shape index (κ1) is 17.6. The highest BCUT2D eigenvalue weighted by Gasteiger charge is 2.68. The first-order chi connectivity index (χ1) is 14.6. The first-order valence-corrected chi connectivity index (χ1v) is 10.3. The van der Waals surface area contributed by atoms with E-state index < -0.39 is 17.3 Å². The maximum absolute atomic E-state index is 13.8. The van der Waals surface area contributed by atoms with E-state index in [1.54, 1.807) is 24.3 Å². The Bertz CT molecular complexity index is 1220. The minimum atomic E-state index is -1.19. The number of benzene rings is 3. The average Bonchev–Trinajstić information content (AvgIpc) is 3.05. The van der Waals surface area contributed by atoms with Gasteiger partial charge in [-0.1, -0.05) is 72.3 Å². The van der Waals surface area contributed by atoms with Crippen LogP contribution in [-0.2, 0) is 19.8 Å². The van der Waals surface area contributed by atoms with Crippen LogP contribution in [0, 0.1) is 11.8 Å². The van der Waals surface area contributed by atoms with Crippen molar-refractivity contribution in [2.24, 2.45) is 11.8 Å². The highest BCUT2D eigenvalue weighted by Crippen LogP contribution is 2.63. The second kappa shape index (κ2) is 5.89. The van der Waals surface area contributed by atoms with Gasteiger partial charge in [0.15, 0.2) is 0 Å². The minimum Gasteiger partial charge on any atom is -0.302 e. The third kappa shape index (κ3) is 1.86. The molecule has 4 aliphatic rings. The van der Waals surface area contributed by atoms with Gasteiger partial charge in [-0.05, 0) is 34.4 Å². The van der Waals surface area contributed by atoms with Crippen molar-refractivity contribution >= 4 is 35.4 Å². The molecule has 1 saturated heterocycles. The predicted octanol–water partition coefficient (Wildman–Crippen LogP) is 4.09. The Morgan fingerprint density at radius 1 is 0.800 bits per heavy atom. The Kier molecular flexibility index (Phi) is 3.46. The van der Waals surface area contributed by atoms with Crippen LogP contribution in [0.2, 0.25) is 5.02 Å². The summed E-state index contributed by atoms with van der Waals surface area (Å²) in [7, 11) is 0. The number of amides is 2. The average molecular weight is 414 g/mol. The zero-order valence-corrected chi connectivity index (χ0v) is 16.5. The van der Waals surface area contributed by atoms with Gasteiger partial charge in [0.25, 0.3) is 0 Å². The predicted molar refractivity (Wildman–Crippen MR) is 112 cm³/mol. The number of hydrogen-bond acceptors (Lipinski definition) is 3. The molecule has 30 heavy (non-hydrogen) atoms. The van der Waals surface area contributed by atoms with Crippen LogP contribution >= 0.6 is 11.6 Å². The van der Waals surface area contributed by atoms with Crippen molar-refractivity contribution in [1.29, 1.82) is 0 Å². The second-order valence-corrected chi connectivity index (χ2v) is 8.51. The Labute approximate surface area is 178 Å². The number of carbonyl (C=O) groups excluding carboxylic acids is 3. The Hall–Kier alpha value is -3.24. The lowest BCUT2D eigenvalue weighted by Crippen LogP contribution is -2.54. The molecule has 5 heteroatoms. The maximum Gasteiger partial charge on any atom is 0.239 e. The van der Waals surface area contributed by atoms with Crippen molar-refractivity contribution in [2.75, 3.05) is 4.90 Å². The molecule has 0 unspecified atom stereocenters. The molecule has 1 aliphatic heterocycles. The van der Waals surface area contributed by atoms with Crippen LogP contribution in [-0.4, -0.2) is 18.1 Å². The van der Waals surface area contributed by atoms with Crippen molar-refractivity contribution in [1.82, 2.24) is 0 Å². The fourth-order valence-corrected chi connectivity index (χ4v) is 6.12. The summed E-state index contributed by atoms with van der Waals surface area (Å²) in [6.07, 6.45) is 0.874.